The standard InChI is InChI=1S/C6H14S2/c1-8-6-4-2-3-5-7/h7H,2-6H2,1H3. The van der Waals surface area contributed by atoms with Gasteiger partial charge in [-0.25, -0.2) is 0 Å². The molecule has 0 rings (SSSR count). The van der Waals surface area contributed by atoms with Crippen LogP contribution in [0, 0.1) is 0 Å². The Morgan fingerprint density at radius 3 is 2.50 bits per heavy atom. The smallest absolute Gasteiger partial charge is 0.00703 e. The highest BCUT2D eigenvalue weighted by molar-refractivity contribution is 7.98. The van der Waals surface area contributed by atoms with Gasteiger partial charge < -0.3 is 0 Å². The number of hydrogen-bond donors (Lipinski definition) is 1. The van der Waals surface area contributed by atoms with Crippen molar-refractivity contribution < 1.29 is 0 Å². The van der Waals surface area contributed by atoms with Crippen molar-refractivity contribution in [2.24, 2.45) is 0 Å². The normalized spacial score (nSPS) is 9.75. The molecule has 0 aromatic rings. The number of thiol groups is 1. The van der Waals surface area contributed by atoms with E-state index in [-0.39, 0.29) is 0 Å². The minimum absolute atomic E-state index is 1.05. The average molecular weight is 150 g/mol. The number of thioether (sulfide) groups is 1. The lowest BCUT2D eigenvalue weighted by Crippen LogP contribution is -1.79. The molecule has 0 aromatic carbocycles. The zero-order chi connectivity index (χ0) is 6.24. The topological polar surface area (TPSA) is 0 Å². The van der Waals surface area contributed by atoms with Crippen molar-refractivity contribution in [3.8, 4) is 0 Å². The van der Waals surface area contributed by atoms with E-state index in [1.54, 1.807) is 0 Å². The van der Waals surface area contributed by atoms with Gasteiger partial charge in [0.15, 0.2) is 0 Å². The van der Waals surface area contributed by atoms with E-state index in [9.17, 15) is 0 Å². The molecule has 0 aliphatic carbocycles. The Kier molecular flexibility index (Phi) is 8.37. The lowest BCUT2D eigenvalue weighted by molar-refractivity contribution is 0.787. The molecule has 50 valence electrons. The SMILES string of the molecule is CSCCCCCS. The highest BCUT2D eigenvalue weighted by Gasteiger charge is 1.83. The molecule has 0 aliphatic rings. The van der Waals surface area contributed by atoms with Crippen LogP contribution >= 0.6 is 24.4 Å². The van der Waals surface area contributed by atoms with Crippen molar-refractivity contribution >= 4 is 24.4 Å². The van der Waals surface area contributed by atoms with Crippen LogP contribution in [0.4, 0.5) is 0 Å². The third-order valence-electron chi connectivity index (χ3n) is 1.01. The van der Waals surface area contributed by atoms with Gasteiger partial charge in [-0.2, -0.15) is 24.4 Å². The summed E-state index contributed by atoms with van der Waals surface area (Å²) in [7, 11) is 0. The monoisotopic (exact) mass is 150 g/mol. The van der Waals surface area contributed by atoms with Crippen molar-refractivity contribution in [2.75, 3.05) is 17.8 Å². The van der Waals surface area contributed by atoms with Gasteiger partial charge in [0.05, 0.1) is 0 Å². The fourth-order valence-corrected chi connectivity index (χ4v) is 1.25. The molecule has 0 unspecified atom stereocenters. The van der Waals surface area contributed by atoms with Gasteiger partial charge in [-0.05, 0) is 30.6 Å². The summed E-state index contributed by atoms with van der Waals surface area (Å²) in [6.07, 6.45) is 6.15. The largest absolute Gasteiger partial charge is 0.179 e. The molecule has 0 radical (unpaired) electrons. The zero-order valence-electron chi connectivity index (χ0n) is 5.39. The molecule has 0 saturated heterocycles. The quantitative estimate of drug-likeness (QED) is 0.464. The van der Waals surface area contributed by atoms with Crippen LogP contribution in [0.3, 0.4) is 0 Å². The minimum Gasteiger partial charge on any atom is -0.179 e. The Hall–Kier alpha value is 0.700. The Labute approximate surface area is 61.8 Å². The molecule has 0 saturated carbocycles. The van der Waals surface area contributed by atoms with Gasteiger partial charge in [0.1, 0.15) is 0 Å². The van der Waals surface area contributed by atoms with Crippen molar-refractivity contribution in [3.05, 3.63) is 0 Å². The first-order chi connectivity index (χ1) is 3.91. The van der Waals surface area contributed by atoms with Gasteiger partial charge in [-0.15, -0.1) is 0 Å². The average Bonchev–Trinajstić information content (AvgIpc) is 1.81. The number of hydrogen-bond acceptors (Lipinski definition) is 2. The van der Waals surface area contributed by atoms with Crippen LogP contribution in [0.5, 0.6) is 0 Å². The van der Waals surface area contributed by atoms with Gasteiger partial charge in [0, 0.05) is 0 Å². The summed E-state index contributed by atoms with van der Waals surface area (Å²) in [5, 5.41) is 0. The van der Waals surface area contributed by atoms with Crippen molar-refractivity contribution in [3.63, 3.8) is 0 Å². The van der Waals surface area contributed by atoms with Gasteiger partial charge in [0.2, 0.25) is 0 Å². The second-order valence-electron chi connectivity index (χ2n) is 1.78. The molecule has 0 heterocycles. The van der Waals surface area contributed by atoms with Crippen LogP contribution in [0.2, 0.25) is 0 Å². The molecule has 0 N–H and O–H groups in total. The first-order valence-corrected chi connectivity index (χ1v) is 5.04. The molecule has 0 aromatic heterocycles. The van der Waals surface area contributed by atoms with Gasteiger partial charge in [-0.1, -0.05) is 6.42 Å². The predicted octanol–water partition coefficient (Wildman–Crippen LogP) is 2.45. The fourth-order valence-electron chi connectivity index (χ4n) is 0.535. The molecule has 0 bridgehead atoms. The van der Waals surface area contributed by atoms with Crippen molar-refractivity contribution in [2.45, 2.75) is 19.3 Å². The fraction of sp³-hybridized carbons (Fsp3) is 1.00. The van der Waals surface area contributed by atoms with Crippen molar-refractivity contribution in [1.29, 1.82) is 0 Å². The van der Waals surface area contributed by atoms with E-state index in [1.165, 1.54) is 25.0 Å². The van der Waals surface area contributed by atoms with Gasteiger partial charge in [-0.3, -0.25) is 0 Å². The van der Waals surface area contributed by atoms with E-state index < -0.39 is 0 Å². The van der Waals surface area contributed by atoms with E-state index in [2.05, 4.69) is 18.9 Å². The lowest BCUT2D eigenvalue weighted by Gasteiger charge is -1.93. The van der Waals surface area contributed by atoms with E-state index in [0.717, 1.165) is 5.75 Å². The van der Waals surface area contributed by atoms with Crippen LogP contribution < -0.4 is 0 Å². The number of unbranched alkanes of at least 4 members (excludes halogenated alkanes) is 2. The first-order valence-electron chi connectivity index (χ1n) is 3.01. The summed E-state index contributed by atoms with van der Waals surface area (Å²) in [5.41, 5.74) is 0. The first kappa shape index (κ1) is 8.70. The highest BCUT2D eigenvalue weighted by Crippen LogP contribution is 2.02. The minimum atomic E-state index is 1.05. The third-order valence-corrected chi connectivity index (χ3v) is 2.02. The molecule has 0 aliphatic heterocycles. The Bertz CT molecular complexity index is 31.5. The highest BCUT2D eigenvalue weighted by atomic mass is 32.2. The molecule has 2 heteroatoms. The maximum absolute atomic E-state index is 4.12. The van der Waals surface area contributed by atoms with Crippen molar-refractivity contribution in [1.82, 2.24) is 0 Å². The van der Waals surface area contributed by atoms with E-state index in [0.29, 0.717) is 0 Å². The Morgan fingerprint density at radius 1 is 1.25 bits per heavy atom. The Balaban J connectivity index is 2.53. The molecular weight excluding hydrogens is 136 g/mol. The van der Waals surface area contributed by atoms with Crippen LogP contribution in [0.1, 0.15) is 19.3 Å². The second-order valence-corrected chi connectivity index (χ2v) is 3.21. The van der Waals surface area contributed by atoms with Crippen LogP contribution in [-0.4, -0.2) is 17.8 Å². The molecular formula is C6H14S2. The van der Waals surface area contributed by atoms with Crippen LogP contribution in [-0.2, 0) is 0 Å². The summed E-state index contributed by atoms with van der Waals surface area (Å²) in [6.45, 7) is 0. The lowest BCUT2D eigenvalue weighted by atomic mass is 10.3. The summed E-state index contributed by atoms with van der Waals surface area (Å²) in [4.78, 5) is 0. The summed E-state index contributed by atoms with van der Waals surface area (Å²) >= 11 is 6.04. The molecule has 8 heavy (non-hydrogen) atoms. The number of rotatable bonds is 5. The zero-order valence-corrected chi connectivity index (χ0v) is 7.10. The summed E-state index contributed by atoms with van der Waals surface area (Å²) in [6, 6.07) is 0. The molecule has 0 nitrogen and oxygen atoms in total. The van der Waals surface area contributed by atoms with E-state index in [1.807, 2.05) is 11.8 Å². The van der Waals surface area contributed by atoms with Crippen LogP contribution in [0.25, 0.3) is 0 Å². The second kappa shape index (κ2) is 7.70. The van der Waals surface area contributed by atoms with E-state index >= 15 is 0 Å². The maximum Gasteiger partial charge on any atom is -0.00703 e. The van der Waals surface area contributed by atoms with E-state index in [4.69, 9.17) is 0 Å². The molecule has 0 amide bonds. The van der Waals surface area contributed by atoms with Gasteiger partial charge >= 0.3 is 0 Å². The third kappa shape index (κ3) is 6.70. The predicted molar refractivity (Wildman–Crippen MR) is 46.1 cm³/mol. The molecule has 0 fully saturated rings. The molecule has 0 spiro atoms. The Morgan fingerprint density at radius 2 is 2.00 bits per heavy atom. The molecule has 0 atom stereocenters. The summed E-state index contributed by atoms with van der Waals surface area (Å²) in [5.74, 6) is 2.36. The van der Waals surface area contributed by atoms with Gasteiger partial charge in [0.25, 0.3) is 0 Å². The summed E-state index contributed by atoms with van der Waals surface area (Å²) < 4.78 is 0. The maximum atomic E-state index is 4.12. The van der Waals surface area contributed by atoms with Crippen LogP contribution in [0.15, 0.2) is 0 Å².